The van der Waals surface area contributed by atoms with Gasteiger partial charge in [-0.1, -0.05) is 30.3 Å². The van der Waals surface area contributed by atoms with Crippen LogP contribution in [0.1, 0.15) is 31.3 Å². The Morgan fingerprint density at radius 1 is 0.467 bits per heavy atom. The summed E-state index contributed by atoms with van der Waals surface area (Å²) in [6.45, 7) is 7.31. The van der Waals surface area contributed by atoms with E-state index in [0.29, 0.717) is 129 Å². The second kappa shape index (κ2) is 26.6. The highest BCUT2D eigenvalue weighted by atomic mass is 16.2. The standard InChI is InChI=1S/2C21H20N8O.C21H22N8O/c22-19-18(16-4-1-2-7-24-16)20-25-12-14(13-29(20)27-19)15-5-3-6-17(26-15)21(30)28-10-8-23-9-11-28;22-19-18(17-3-1-2-6-24-17)20-26-12-15(13-29(20)27-19)16-5-4-14(11-25-16)21(30)28-9-7-23-8-10-28;1-28(2)11-10-24-21(30)17-8-5-7-15(26-17)14-12-25-20-18(16-6-3-4-9-23-16)19(22)27-29(20)13-14/h1-7,12-13,23H,8-11H2,(H2,22,27);1-6,11-13,23H,7-10H2,(H2,22,27);3-9,12-13H,10-11H2,1-2H3,(H2,22,27)(H,24,30). The molecule has 12 aromatic heterocycles. The summed E-state index contributed by atoms with van der Waals surface area (Å²) in [6.07, 6.45) is 17.3. The maximum Gasteiger partial charge on any atom is 0.272 e. The highest BCUT2D eigenvalue weighted by Crippen LogP contribution is 2.32. The van der Waals surface area contributed by atoms with Crippen LogP contribution in [0.5, 0.6) is 0 Å². The molecule has 0 radical (unpaired) electrons. The number of likely N-dealkylation sites (N-methyl/N-ethyl adjacent to an activating group) is 1. The van der Waals surface area contributed by atoms with Crippen LogP contribution in [0.3, 0.4) is 0 Å². The summed E-state index contributed by atoms with van der Waals surface area (Å²) < 4.78 is 4.87. The average molecular weight is 1200 g/mol. The van der Waals surface area contributed by atoms with Crippen LogP contribution in [0, 0.1) is 0 Å². The van der Waals surface area contributed by atoms with Crippen LogP contribution in [0.4, 0.5) is 17.5 Å². The largest absolute Gasteiger partial charge is 0.382 e. The second-order valence-corrected chi connectivity index (χ2v) is 21.1. The van der Waals surface area contributed by atoms with Crippen LogP contribution in [-0.2, 0) is 0 Å². The summed E-state index contributed by atoms with van der Waals surface area (Å²) in [7, 11) is 3.91. The van der Waals surface area contributed by atoms with Gasteiger partial charge in [0.2, 0.25) is 0 Å². The molecule has 452 valence electrons. The zero-order chi connectivity index (χ0) is 62.1. The van der Waals surface area contributed by atoms with Gasteiger partial charge in [0.25, 0.3) is 17.7 Å². The van der Waals surface area contributed by atoms with Crippen LogP contribution in [-0.4, -0.2) is 186 Å². The number of hydrogen-bond donors (Lipinski definition) is 6. The third-order valence-corrected chi connectivity index (χ3v) is 14.8. The first-order chi connectivity index (χ1) is 43.9. The minimum Gasteiger partial charge on any atom is -0.382 e. The number of anilines is 3. The lowest BCUT2D eigenvalue weighted by Crippen LogP contribution is -2.46. The van der Waals surface area contributed by atoms with Crippen LogP contribution >= 0.6 is 0 Å². The molecule has 2 saturated heterocycles. The number of amides is 3. The van der Waals surface area contributed by atoms with Gasteiger partial charge in [-0.25, -0.2) is 38.5 Å². The molecule has 2 aliphatic heterocycles. The van der Waals surface area contributed by atoms with E-state index < -0.39 is 0 Å². The van der Waals surface area contributed by atoms with Gasteiger partial charge in [-0.05, 0) is 86.9 Å². The van der Waals surface area contributed by atoms with E-state index in [4.69, 9.17) is 17.2 Å². The van der Waals surface area contributed by atoms with Crippen molar-refractivity contribution in [1.29, 1.82) is 0 Å². The quantitative estimate of drug-likeness (QED) is 0.0966. The normalized spacial score (nSPS) is 13.2. The molecular weight excluding hydrogens is 1140 g/mol. The van der Waals surface area contributed by atoms with Gasteiger partial charge in [0, 0.05) is 144 Å². The Labute approximate surface area is 515 Å². The molecule has 0 aromatic carbocycles. The first kappa shape index (κ1) is 58.8. The maximum absolute atomic E-state index is 12.8. The molecule has 9 N–H and O–H groups in total. The molecule has 27 heteroatoms. The third-order valence-electron chi connectivity index (χ3n) is 14.8. The molecule has 0 atom stereocenters. The lowest BCUT2D eigenvalue weighted by atomic mass is 10.1. The fourth-order valence-electron chi connectivity index (χ4n) is 10.2. The lowest BCUT2D eigenvalue weighted by molar-refractivity contribution is 0.0725. The molecule has 2 aliphatic rings. The van der Waals surface area contributed by atoms with Crippen molar-refractivity contribution in [3.63, 3.8) is 0 Å². The number of piperazine rings is 2. The number of nitrogens with one attached hydrogen (secondary N) is 3. The Kier molecular flexibility index (Phi) is 17.4. The molecule has 0 unspecified atom stereocenters. The highest BCUT2D eigenvalue weighted by Gasteiger charge is 2.23. The Bertz CT molecular complexity index is 4510. The number of carbonyl (C=O) groups is 3. The predicted molar refractivity (Wildman–Crippen MR) is 340 cm³/mol. The molecular formula is C63H62N24O3. The minimum atomic E-state index is -0.214. The number of nitrogens with zero attached hydrogens (tertiary/aromatic N) is 18. The van der Waals surface area contributed by atoms with Gasteiger partial charge in [-0.15, -0.1) is 15.3 Å². The Morgan fingerprint density at radius 3 is 1.31 bits per heavy atom. The molecule has 12 aromatic rings. The van der Waals surface area contributed by atoms with Gasteiger partial charge in [0.05, 0.1) is 56.4 Å². The zero-order valence-electron chi connectivity index (χ0n) is 49.2. The number of fused-ring (bicyclic) bond motifs is 3. The van der Waals surface area contributed by atoms with E-state index in [9.17, 15) is 14.4 Å². The summed E-state index contributed by atoms with van der Waals surface area (Å²) in [6, 6.07) is 31.2. The monoisotopic (exact) mass is 1200 g/mol. The summed E-state index contributed by atoms with van der Waals surface area (Å²) in [5, 5.41) is 22.5. The minimum absolute atomic E-state index is 0.00369. The molecule has 3 amide bonds. The first-order valence-corrected chi connectivity index (χ1v) is 28.9. The summed E-state index contributed by atoms with van der Waals surface area (Å²) in [5.41, 5.74) is 30.0. The number of nitrogens with two attached hydrogens (primary N) is 3. The van der Waals surface area contributed by atoms with Crippen LogP contribution in [0.2, 0.25) is 0 Å². The SMILES string of the molecule is CN(C)CCNC(=O)c1cccc(-c2cnc3c(-c4ccccn4)c(N)nn3c2)n1.Nc1nn2cc(-c3ccc(C(=O)N4CCNCC4)cn3)cnc2c1-c1ccccn1.Nc1nn2cc(-c3cccc(C(=O)N4CCNCC4)n3)cnc2c1-c1ccccn1. The van der Waals surface area contributed by atoms with E-state index in [1.165, 1.54) is 0 Å². The molecule has 0 saturated carbocycles. The number of rotatable bonds is 12. The maximum atomic E-state index is 12.8. The van der Waals surface area contributed by atoms with E-state index in [0.717, 1.165) is 55.1 Å². The molecule has 0 bridgehead atoms. The van der Waals surface area contributed by atoms with Crippen molar-refractivity contribution in [2.75, 3.05) is 96.7 Å². The van der Waals surface area contributed by atoms with E-state index in [1.807, 2.05) is 120 Å². The topological polar surface area (TPSA) is 343 Å². The van der Waals surface area contributed by atoms with E-state index in [-0.39, 0.29) is 17.7 Å². The first-order valence-electron chi connectivity index (χ1n) is 28.9. The number of aromatic nitrogens is 15. The fraction of sp³-hybridized carbons (Fsp3) is 0.190. The van der Waals surface area contributed by atoms with Gasteiger partial charge in [-0.3, -0.25) is 34.3 Å². The van der Waals surface area contributed by atoms with Crippen molar-refractivity contribution in [2.45, 2.75) is 0 Å². The van der Waals surface area contributed by atoms with Gasteiger partial charge < -0.3 is 47.9 Å². The smallest absolute Gasteiger partial charge is 0.272 e. The van der Waals surface area contributed by atoms with Crippen LogP contribution < -0.4 is 33.2 Å². The number of hydrogen-bond acceptors (Lipinski definition) is 21. The summed E-state index contributed by atoms with van der Waals surface area (Å²) in [5.74, 6) is 0.795. The summed E-state index contributed by atoms with van der Waals surface area (Å²) >= 11 is 0. The van der Waals surface area contributed by atoms with Crippen molar-refractivity contribution in [2.24, 2.45) is 0 Å². The van der Waals surface area contributed by atoms with E-state index >= 15 is 0 Å². The van der Waals surface area contributed by atoms with E-state index in [1.54, 1.807) is 87.4 Å². The predicted octanol–water partition coefficient (Wildman–Crippen LogP) is 4.69. The fourth-order valence-corrected chi connectivity index (χ4v) is 10.2. The number of carbonyl (C=O) groups excluding carboxylic acids is 3. The van der Waals surface area contributed by atoms with E-state index in [2.05, 4.69) is 76.1 Å². The Hall–Kier alpha value is -11.6. The average Bonchev–Trinajstić information content (AvgIpc) is 1.75. The van der Waals surface area contributed by atoms with Gasteiger partial charge in [0.15, 0.2) is 34.4 Å². The Morgan fingerprint density at radius 2 is 0.889 bits per heavy atom. The zero-order valence-corrected chi connectivity index (χ0v) is 49.2. The Balaban J connectivity index is 0.000000131. The molecule has 0 aliphatic carbocycles. The molecule has 14 heterocycles. The van der Waals surface area contributed by atoms with Crippen molar-refractivity contribution in [3.8, 4) is 67.5 Å². The van der Waals surface area contributed by atoms with Crippen molar-refractivity contribution in [3.05, 3.63) is 182 Å². The highest BCUT2D eigenvalue weighted by molar-refractivity contribution is 5.95. The van der Waals surface area contributed by atoms with Gasteiger partial charge >= 0.3 is 0 Å². The van der Waals surface area contributed by atoms with Crippen LogP contribution in [0.25, 0.3) is 84.5 Å². The van der Waals surface area contributed by atoms with Gasteiger partial charge in [-0.2, -0.15) is 0 Å². The van der Waals surface area contributed by atoms with Crippen molar-refractivity contribution < 1.29 is 14.4 Å². The molecule has 27 nitrogen and oxygen atoms in total. The lowest BCUT2D eigenvalue weighted by Gasteiger charge is -2.27. The molecule has 2 fully saturated rings. The van der Waals surface area contributed by atoms with Crippen LogP contribution in [0.15, 0.2) is 165 Å². The third kappa shape index (κ3) is 12.9. The molecule has 0 spiro atoms. The second-order valence-electron chi connectivity index (χ2n) is 21.1. The van der Waals surface area contributed by atoms with Crippen molar-refractivity contribution >= 4 is 52.1 Å². The molecule has 90 heavy (non-hydrogen) atoms. The number of nitrogen functional groups attached to an aromatic ring is 3. The summed E-state index contributed by atoms with van der Waals surface area (Å²) in [4.78, 5) is 83.6. The molecule has 14 rings (SSSR count). The van der Waals surface area contributed by atoms with Gasteiger partial charge in [0.1, 0.15) is 11.4 Å². The van der Waals surface area contributed by atoms with Crippen molar-refractivity contribution in [1.82, 2.24) is 104 Å². The number of pyridine rings is 6.